The molecule has 0 aromatic rings. The smallest absolute Gasteiger partial charge is 0.306 e. The lowest BCUT2D eigenvalue weighted by Crippen LogP contribution is -2.30. The lowest BCUT2D eigenvalue weighted by atomic mass is 10.0. The van der Waals surface area contributed by atoms with Gasteiger partial charge >= 0.3 is 17.9 Å². The second kappa shape index (κ2) is 50.3. The number of carbonyl (C=O) groups excluding carboxylic acids is 3. The van der Waals surface area contributed by atoms with Crippen LogP contribution in [-0.4, -0.2) is 37.2 Å². The molecular formula is C55H100O6. The maximum Gasteiger partial charge on any atom is 0.306 e. The molecule has 6 nitrogen and oxygen atoms in total. The van der Waals surface area contributed by atoms with Crippen LogP contribution in [0.3, 0.4) is 0 Å². The molecule has 0 rings (SSSR count). The maximum absolute atomic E-state index is 12.8. The lowest BCUT2D eigenvalue weighted by Gasteiger charge is -2.18. The van der Waals surface area contributed by atoms with Crippen LogP contribution in [-0.2, 0) is 28.6 Å². The highest BCUT2D eigenvalue weighted by Gasteiger charge is 2.19. The van der Waals surface area contributed by atoms with Crippen LogP contribution >= 0.6 is 0 Å². The first kappa shape index (κ1) is 58.6. The van der Waals surface area contributed by atoms with Gasteiger partial charge in [-0.1, -0.05) is 237 Å². The van der Waals surface area contributed by atoms with Crippen LogP contribution in [0.15, 0.2) is 36.5 Å². The summed E-state index contributed by atoms with van der Waals surface area (Å²) < 4.78 is 16.8. The summed E-state index contributed by atoms with van der Waals surface area (Å²) in [6.07, 6.45) is 58.4. The van der Waals surface area contributed by atoms with Crippen molar-refractivity contribution in [3.63, 3.8) is 0 Å². The van der Waals surface area contributed by atoms with E-state index in [-0.39, 0.29) is 31.1 Å². The van der Waals surface area contributed by atoms with E-state index >= 15 is 0 Å². The van der Waals surface area contributed by atoms with Gasteiger partial charge in [-0.05, 0) is 57.8 Å². The Kier molecular flexibility index (Phi) is 48.3. The van der Waals surface area contributed by atoms with Crippen molar-refractivity contribution in [2.75, 3.05) is 13.2 Å². The summed E-state index contributed by atoms with van der Waals surface area (Å²) in [4.78, 5) is 37.9. The fourth-order valence-corrected chi connectivity index (χ4v) is 7.63. The molecule has 0 amide bonds. The minimum absolute atomic E-state index is 0.0725. The highest BCUT2D eigenvalue weighted by atomic mass is 16.6. The van der Waals surface area contributed by atoms with E-state index in [0.29, 0.717) is 19.3 Å². The lowest BCUT2D eigenvalue weighted by molar-refractivity contribution is -0.167. The van der Waals surface area contributed by atoms with Crippen molar-refractivity contribution in [3.05, 3.63) is 36.5 Å². The van der Waals surface area contributed by atoms with Gasteiger partial charge in [-0.15, -0.1) is 0 Å². The molecule has 0 aromatic heterocycles. The molecule has 0 fully saturated rings. The number of esters is 3. The van der Waals surface area contributed by atoms with Crippen molar-refractivity contribution < 1.29 is 28.6 Å². The summed E-state index contributed by atoms with van der Waals surface area (Å²) in [6.45, 7) is 6.61. The highest BCUT2D eigenvalue weighted by molar-refractivity contribution is 5.71. The number of allylic oxidation sites excluding steroid dienone is 6. The summed E-state index contributed by atoms with van der Waals surface area (Å²) in [6, 6.07) is 0. The summed E-state index contributed by atoms with van der Waals surface area (Å²) in [5, 5.41) is 0. The molecule has 6 heteroatoms. The van der Waals surface area contributed by atoms with Crippen molar-refractivity contribution in [2.24, 2.45) is 0 Å². The minimum atomic E-state index is -0.771. The number of unbranched alkanes of at least 4 members (excludes halogenated alkanes) is 31. The zero-order valence-electron chi connectivity index (χ0n) is 40.7. The Morgan fingerprint density at radius 1 is 0.328 bits per heavy atom. The van der Waals surface area contributed by atoms with E-state index in [1.54, 1.807) is 0 Å². The van der Waals surface area contributed by atoms with Crippen LogP contribution < -0.4 is 0 Å². The minimum Gasteiger partial charge on any atom is -0.462 e. The number of carbonyl (C=O) groups is 3. The van der Waals surface area contributed by atoms with E-state index in [1.165, 1.54) is 161 Å². The third kappa shape index (κ3) is 48.5. The van der Waals surface area contributed by atoms with Crippen LogP contribution in [0.2, 0.25) is 0 Å². The van der Waals surface area contributed by atoms with Gasteiger partial charge in [0.2, 0.25) is 0 Å². The van der Waals surface area contributed by atoms with E-state index in [2.05, 4.69) is 57.2 Å². The van der Waals surface area contributed by atoms with Crippen LogP contribution in [0, 0.1) is 0 Å². The zero-order chi connectivity index (χ0) is 44.4. The molecule has 0 saturated heterocycles. The number of rotatable bonds is 48. The standard InChI is InChI=1S/C55H100O6/c1-4-7-10-13-16-19-21-23-25-26-27-28-30-31-33-36-39-42-45-48-54(57)60-51-52(50-59-53(56)47-44-41-38-35-18-15-12-9-6-3)61-55(58)49-46-43-40-37-34-32-29-24-22-20-17-14-11-8-5-2/h16,19,23,25,27-28,52H,4-15,17-18,20-22,24,26,29-51H2,1-3H3/b19-16-,25-23-,28-27-. The molecular weight excluding hydrogens is 757 g/mol. The molecule has 61 heavy (non-hydrogen) atoms. The van der Waals surface area contributed by atoms with Gasteiger partial charge in [0.15, 0.2) is 6.10 Å². The number of hydrogen-bond donors (Lipinski definition) is 0. The van der Waals surface area contributed by atoms with Gasteiger partial charge in [-0.25, -0.2) is 0 Å². The molecule has 0 aliphatic heterocycles. The predicted octanol–water partition coefficient (Wildman–Crippen LogP) is 17.3. The zero-order valence-corrected chi connectivity index (χ0v) is 40.7. The largest absolute Gasteiger partial charge is 0.462 e. The van der Waals surface area contributed by atoms with E-state index < -0.39 is 6.10 Å². The third-order valence-electron chi connectivity index (χ3n) is 11.6. The summed E-state index contributed by atoms with van der Waals surface area (Å²) in [7, 11) is 0. The third-order valence-corrected chi connectivity index (χ3v) is 11.6. The normalized spacial score (nSPS) is 12.2. The highest BCUT2D eigenvalue weighted by Crippen LogP contribution is 2.16. The van der Waals surface area contributed by atoms with Gasteiger partial charge in [0.1, 0.15) is 13.2 Å². The second-order valence-corrected chi connectivity index (χ2v) is 17.8. The quantitative estimate of drug-likeness (QED) is 0.0262. The molecule has 0 bridgehead atoms. The van der Waals surface area contributed by atoms with Crippen molar-refractivity contribution in [1.29, 1.82) is 0 Å². The Hall–Kier alpha value is -2.37. The molecule has 1 atom stereocenters. The molecule has 0 N–H and O–H groups in total. The van der Waals surface area contributed by atoms with Gasteiger partial charge < -0.3 is 14.2 Å². The SMILES string of the molecule is CCCCC/C=C\C/C=C\C/C=C\CCCCCCCCC(=O)OCC(COC(=O)CCCCCCCCCCC)OC(=O)CCCCCCCCCCCCCCCCC. The second-order valence-electron chi connectivity index (χ2n) is 17.8. The van der Waals surface area contributed by atoms with Gasteiger partial charge in [0.25, 0.3) is 0 Å². The molecule has 0 aliphatic rings. The first-order valence-corrected chi connectivity index (χ1v) is 26.5. The van der Waals surface area contributed by atoms with Gasteiger partial charge in [0.05, 0.1) is 0 Å². The van der Waals surface area contributed by atoms with Crippen LogP contribution in [0.5, 0.6) is 0 Å². The summed E-state index contributed by atoms with van der Waals surface area (Å²) >= 11 is 0. The Morgan fingerprint density at radius 3 is 0.951 bits per heavy atom. The number of hydrogen-bond acceptors (Lipinski definition) is 6. The van der Waals surface area contributed by atoms with Gasteiger partial charge in [-0.2, -0.15) is 0 Å². The molecule has 356 valence electrons. The van der Waals surface area contributed by atoms with Crippen LogP contribution in [0.25, 0.3) is 0 Å². The molecule has 0 aliphatic carbocycles. The Morgan fingerprint density at radius 2 is 0.590 bits per heavy atom. The first-order valence-electron chi connectivity index (χ1n) is 26.5. The van der Waals surface area contributed by atoms with Crippen molar-refractivity contribution in [2.45, 2.75) is 284 Å². The molecule has 0 saturated carbocycles. The average Bonchev–Trinajstić information content (AvgIpc) is 3.26. The summed E-state index contributed by atoms with van der Waals surface area (Å²) in [5.41, 5.74) is 0. The Labute approximate surface area is 378 Å². The van der Waals surface area contributed by atoms with Crippen LogP contribution in [0.1, 0.15) is 278 Å². The molecule has 0 aromatic carbocycles. The fourth-order valence-electron chi connectivity index (χ4n) is 7.63. The summed E-state index contributed by atoms with van der Waals surface area (Å²) in [5.74, 6) is -0.876. The van der Waals surface area contributed by atoms with E-state index in [9.17, 15) is 14.4 Å². The first-order chi connectivity index (χ1) is 30.0. The molecule has 0 heterocycles. The van der Waals surface area contributed by atoms with E-state index in [1.807, 2.05) is 0 Å². The average molecular weight is 857 g/mol. The molecule has 0 spiro atoms. The topological polar surface area (TPSA) is 78.9 Å². The van der Waals surface area contributed by atoms with E-state index in [0.717, 1.165) is 77.0 Å². The Balaban J connectivity index is 4.30. The van der Waals surface area contributed by atoms with Crippen LogP contribution in [0.4, 0.5) is 0 Å². The van der Waals surface area contributed by atoms with Crippen molar-refractivity contribution >= 4 is 17.9 Å². The monoisotopic (exact) mass is 857 g/mol. The predicted molar refractivity (Wildman–Crippen MR) is 261 cm³/mol. The Bertz CT molecular complexity index is 1030. The fraction of sp³-hybridized carbons (Fsp3) is 0.836. The molecule has 1 unspecified atom stereocenters. The maximum atomic E-state index is 12.8. The number of ether oxygens (including phenoxy) is 3. The van der Waals surface area contributed by atoms with Crippen molar-refractivity contribution in [1.82, 2.24) is 0 Å². The van der Waals surface area contributed by atoms with Crippen molar-refractivity contribution in [3.8, 4) is 0 Å². The van der Waals surface area contributed by atoms with E-state index in [4.69, 9.17) is 14.2 Å². The molecule has 0 radical (unpaired) electrons. The van der Waals surface area contributed by atoms with Gasteiger partial charge in [-0.3, -0.25) is 14.4 Å². The van der Waals surface area contributed by atoms with Gasteiger partial charge in [0, 0.05) is 19.3 Å².